The van der Waals surface area contributed by atoms with Crippen LogP contribution in [0.5, 0.6) is 0 Å². The number of halogens is 5. The zero-order valence-corrected chi connectivity index (χ0v) is 13.3. The van der Waals surface area contributed by atoms with E-state index in [2.05, 4.69) is 10.6 Å². The van der Waals surface area contributed by atoms with Crippen molar-refractivity contribution in [1.82, 2.24) is 10.6 Å². The third kappa shape index (κ3) is 3.86. The molecular formula is C16H18F5N3O. The van der Waals surface area contributed by atoms with Gasteiger partial charge in [-0.15, -0.1) is 0 Å². The van der Waals surface area contributed by atoms with Crippen molar-refractivity contribution in [3.05, 3.63) is 28.8 Å². The second kappa shape index (κ2) is 6.78. The number of hydrogen-bond acceptors (Lipinski definition) is 3. The topological polar surface area (TPSA) is 44.4 Å². The summed E-state index contributed by atoms with van der Waals surface area (Å²) in [6, 6.07) is 3.12. The standard InChI is InChI=1S/C16H18F5N3O/c17-12(18)7-23-15(25)11-2-1-9-6-22-3-4-24-8-10(5-16(19,20)21)13(11)14(9)24/h1-2,10,12,22H,3-8H2,(H,23,25). The zero-order chi connectivity index (χ0) is 18.2. The number of rotatable bonds is 4. The van der Waals surface area contributed by atoms with E-state index in [-0.39, 0.29) is 12.1 Å². The third-order valence-corrected chi connectivity index (χ3v) is 4.48. The van der Waals surface area contributed by atoms with Crippen molar-refractivity contribution in [2.75, 3.05) is 31.1 Å². The first-order valence-electron chi connectivity index (χ1n) is 8.01. The van der Waals surface area contributed by atoms with Crippen LogP contribution in [0.25, 0.3) is 0 Å². The number of anilines is 1. The van der Waals surface area contributed by atoms with E-state index in [0.717, 1.165) is 5.56 Å². The highest BCUT2D eigenvalue weighted by molar-refractivity contribution is 5.98. The maximum atomic E-state index is 13.0. The van der Waals surface area contributed by atoms with E-state index in [1.807, 2.05) is 4.90 Å². The van der Waals surface area contributed by atoms with Crippen LogP contribution in [0.4, 0.5) is 27.6 Å². The first-order valence-corrected chi connectivity index (χ1v) is 8.01. The maximum absolute atomic E-state index is 13.0. The molecule has 2 heterocycles. The Morgan fingerprint density at radius 1 is 1.36 bits per heavy atom. The molecule has 0 aliphatic carbocycles. The van der Waals surface area contributed by atoms with Gasteiger partial charge in [-0.1, -0.05) is 6.07 Å². The number of alkyl halides is 5. The lowest BCUT2D eigenvalue weighted by Gasteiger charge is -2.19. The second-order valence-electron chi connectivity index (χ2n) is 6.27. The van der Waals surface area contributed by atoms with Gasteiger partial charge in [-0.2, -0.15) is 13.2 Å². The molecule has 9 heteroatoms. The number of nitrogens with zero attached hydrogens (tertiary/aromatic N) is 1. The van der Waals surface area contributed by atoms with Crippen LogP contribution in [0.1, 0.15) is 33.8 Å². The number of carbonyl (C=O) groups is 1. The van der Waals surface area contributed by atoms with Crippen molar-refractivity contribution in [3.8, 4) is 0 Å². The fourth-order valence-electron chi connectivity index (χ4n) is 3.58. The van der Waals surface area contributed by atoms with Crippen molar-refractivity contribution in [1.29, 1.82) is 0 Å². The molecule has 1 unspecified atom stereocenters. The van der Waals surface area contributed by atoms with Crippen LogP contribution in [0.3, 0.4) is 0 Å². The quantitative estimate of drug-likeness (QED) is 0.809. The monoisotopic (exact) mass is 363 g/mol. The summed E-state index contributed by atoms with van der Waals surface area (Å²) < 4.78 is 63.7. The molecule has 0 saturated carbocycles. The van der Waals surface area contributed by atoms with Gasteiger partial charge in [-0.25, -0.2) is 8.78 Å². The van der Waals surface area contributed by atoms with Crippen LogP contribution in [0.2, 0.25) is 0 Å². The number of amides is 1. The summed E-state index contributed by atoms with van der Waals surface area (Å²) in [5.74, 6) is -1.63. The van der Waals surface area contributed by atoms with Gasteiger partial charge >= 0.3 is 6.18 Å². The van der Waals surface area contributed by atoms with Gasteiger partial charge in [0.2, 0.25) is 0 Å². The first kappa shape index (κ1) is 17.9. The van der Waals surface area contributed by atoms with Gasteiger partial charge in [0.25, 0.3) is 12.3 Å². The van der Waals surface area contributed by atoms with Gasteiger partial charge in [-0.3, -0.25) is 4.79 Å². The van der Waals surface area contributed by atoms with Crippen LogP contribution in [-0.4, -0.2) is 44.7 Å². The Kier molecular flexibility index (Phi) is 4.86. The molecule has 1 amide bonds. The van der Waals surface area contributed by atoms with E-state index in [1.165, 1.54) is 6.07 Å². The molecule has 3 rings (SSSR count). The molecule has 1 aromatic rings. The lowest BCUT2D eigenvalue weighted by atomic mass is 9.90. The molecule has 2 aliphatic rings. The Balaban J connectivity index is 2.01. The molecule has 1 atom stereocenters. The molecule has 1 aromatic carbocycles. The van der Waals surface area contributed by atoms with E-state index >= 15 is 0 Å². The number of carbonyl (C=O) groups excluding carboxylic acids is 1. The van der Waals surface area contributed by atoms with Crippen molar-refractivity contribution in [3.63, 3.8) is 0 Å². The van der Waals surface area contributed by atoms with Crippen LogP contribution < -0.4 is 15.5 Å². The molecule has 0 saturated heterocycles. The smallest absolute Gasteiger partial charge is 0.369 e. The lowest BCUT2D eigenvalue weighted by molar-refractivity contribution is -0.138. The molecule has 25 heavy (non-hydrogen) atoms. The predicted molar refractivity (Wildman–Crippen MR) is 82.1 cm³/mol. The van der Waals surface area contributed by atoms with Gasteiger partial charge in [0.1, 0.15) is 0 Å². The Hall–Kier alpha value is -1.90. The van der Waals surface area contributed by atoms with Gasteiger partial charge in [0.15, 0.2) is 0 Å². The van der Waals surface area contributed by atoms with Gasteiger partial charge in [-0.05, 0) is 17.2 Å². The Labute approximate surface area is 141 Å². The summed E-state index contributed by atoms with van der Waals surface area (Å²) in [6.45, 7) is 1.000. The summed E-state index contributed by atoms with van der Waals surface area (Å²) in [7, 11) is 0. The van der Waals surface area contributed by atoms with Gasteiger partial charge in [0, 0.05) is 43.3 Å². The SMILES string of the molecule is O=C(NCC(F)F)c1ccc2c3c1C(CC(F)(F)F)CN3CCNC2. The average molecular weight is 363 g/mol. The van der Waals surface area contributed by atoms with Crippen molar-refractivity contribution in [2.24, 2.45) is 0 Å². The van der Waals surface area contributed by atoms with Crippen molar-refractivity contribution < 1.29 is 26.7 Å². The molecule has 0 bridgehead atoms. The van der Waals surface area contributed by atoms with Crippen molar-refractivity contribution >= 4 is 11.6 Å². The number of nitrogens with one attached hydrogen (secondary N) is 2. The lowest BCUT2D eigenvalue weighted by Crippen LogP contribution is -2.30. The van der Waals surface area contributed by atoms with E-state index in [0.29, 0.717) is 30.9 Å². The minimum Gasteiger partial charge on any atom is -0.369 e. The molecule has 138 valence electrons. The van der Waals surface area contributed by atoms with Crippen molar-refractivity contribution in [2.45, 2.75) is 31.5 Å². The minimum absolute atomic E-state index is 0.0537. The number of hydrogen-bond donors (Lipinski definition) is 2. The van der Waals surface area contributed by atoms with Crippen LogP contribution in [0.15, 0.2) is 12.1 Å². The van der Waals surface area contributed by atoms with E-state index in [9.17, 15) is 26.7 Å². The van der Waals surface area contributed by atoms with Gasteiger partial charge in [0.05, 0.1) is 13.0 Å². The summed E-state index contributed by atoms with van der Waals surface area (Å²) >= 11 is 0. The Morgan fingerprint density at radius 3 is 2.80 bits per heavy atom. The fourth-order valence-corrected chi connectivity index (χ4v) is 3.58. The maximum Gasteiger partial charge on any atom is 0.389 e. The molecular weight excluding hydrogens is 345 g/mol. The highest BCUT2D eigenvalue weighted by atomic mass is 19.4. The summed E-state index contributed by atoms with van der Waals surface area (Å²) in [4.78, 5) is 14.1. The third-order valence-electron chi connectivity index (χ3n) is 4.48. The summed E-state index contributed by atoms with van der Waals surface area (Å²) in [6.07, 6.45) is -8.12. The Morgan fingerprint density at radius 2 is 2.12 bits per heavy atom. The fraction of sp³-hybridized carbons (Fsp3) is 0.562. The predicted octanol–water partition coefficient (Wildman–Crippen LogP) is 2.64. The summed E-state index contributed by atoms with van der Waals surface area (Å²) in [5.41, 5.74) is 1.84. The zero-order valence-electron chi connectivity index (χ0n) is 13.3. The highest BCUT2D eigenvalue weighted by Crippen LogP contribution is 2.46. The largest absolute Gasteiger partial charge is 0.389 e. The molecule has 0 aromatic heterocycles. The van der Waals surface area contributed by atoms with Crippen LogP contribution >= 0.6 is 0 Å². The second-order valence-corrected chi connectivity index (χ2v) is 6.27. The minimum atomic E-state index is -4.37. The molecule has 2 aliphatic heterocycles. The molecule has 0 radical (unpaired) electrons. The van der Waals surface area contributed by atoms with Crippen LogP contribution in [-0.2, 0) is 6.54 Å². The number of benzene rings is 1. The van der Waals surface area contributed by atoms with Crippen LogP contribution in [0, 0.1) is 0 Å². The van der Waals surface area contributed by atoms with Gasteiger partial charge < -0.3 is 15.5 Å². The molecule has 2 N–H and O–H groups in total. The molecule has 0 spiro atoms. The van der Waals surface area contributed by atoms with E-state index in [4.69, 9.17) is 0 Å². The normalized spacial score (nSPS) is 19.8. The first-order chi connectivity index (χ1) is 11.8. The average Bonchev–Trinajstić information content (AvgIpc) is 2.73. The Bertz CT molecular complexity index is 662. The highest BCUT2D eigenvalue weighted by Gasteiger charge is 2.41. The summed E-state index contributed by atoms with van der Waals surface area (Å²) in [5, 5.41) is 5.28. The molecule has 4 nitrogen and oxygen atoms in total. The molecule has 0 fully saturated rings. The van der Waals surface area contributed by atoms with E-state index in [1.54, 1.807) is 6.07 Å². The van der Waals surface area contributed by atoms with E-state index < -0.39 is 37.4 Å².